The Morgan fingerprint density at radius 1 is 1.11 bits per heavy atom. The average molecular weight is 426 g/mol. The Hall–Kier alpha value is -1.68. The molecule has 0 heterocycles. The normalized spacial score (nSPS) is 15.1. The molecule has 0 aliphatic carbocycles. The molecular formula is C18H26F4N2O3S. The van der Waals surface area contributed by atoms with Crippen LogP contribution in [0.15, 0.2) is 12.1 Å². The highest BCUT2D eigenvalue weighted by Gasteiger charge is 2.37. The van der Waals surface area contributed by atoms with Gasteiger partial charge in [0.2, 0.25) is 0 Å². The molecule has 2 atom stereocenters. The summed E-state index contributed by atoms with van der Waals surface area (Å²) in [7, 11) is -1.57. The van der Waals surface area contributed by atoms with Crippen LogP contribution in [0.5, 0.6) is 0 Å². The van der Waals surface area contributed by atoms with Gasteiger partial charge in [0.25, 0.3) is 0 Å². The third kappa shape index (κ3) is 7.05. The summed E-state index contributed by atoms with van der Waals surface area (Å²) in [5.74, 6) is -1.62. The Morgan fingerprint density at radius 3 is 2.07 bits per heavy atom. The van der Waals surface area contributed by atoms with Crippen LogP contribution in [0, 0.1) is 5.82 Å². The van der Waals surface area contributed by atoms with Gasteiger partial charge in [-0.1, -0.05) is 0 Å². The van der Waals surface area contributed by atoms with Gasteiger partial charge in [-0.3, -0.25) is 5.32 Å². The van der Waals surface area contributed by atoms with Gasteiger partial charge in [0, 0.05) is 6.04 Å². The highest BCUT2D eigenvalue weighted by molar-refractivity contribution is 7.84. The number of carbonyl (C=O) groups excluding carboxylic acids is 1. The Balaban J connectivity index is 3.32. The first kappa shape index (κ1) is 24.4. The molecule has 0 aliphatic heterocycles. The summed E-state index contributed by atoms with van der Waals surface area (Å²) in [6.07, 6.45) is -6.07. The first-order chi connectivity index (χ1) is 12.4. The van der Waals surface area contributed by atoms with E-state index in [1.54, 1.807) is 41.5 Å². The van der Waals surface area contributed by atoms with Crippen LogP contribution in [0.4, 0.5) is 28.0 Å². The molecule has 0 aliphatic rings. The maximum atomic E-state index is 14.4. The molecule has 5 nitrogen and oxygen atoms in total. The Morgan fingerprint density at radius 2 is 1.64 bits per heavy atom. The molecule has 0 unspecified atom stereocenters. The van der Waals surface area contributed by atoms with Gasteiger partial charge < -0.3 is 4.74 Å². The lowest BCUT2D eigenvalue weighted by Crippen LogP contribution is -2.35. The topological polar surface area (TPSA) is 67.4 Å². The van der Waals surface area contributed by atoms with Crippen LogP contribution in [-0.4, -0.2) is 20.7 Å². The highest BCUT2D eigenvalue weighted by atomic mass is 32.2. The van der Waals surface area contributed by atoms with Crippen LogP contribution in [-0.2, 0) is 21.9 Å². The number of alkyl halides is 3. The van der Waals surface area contributed by atoms with Crippen molar-refractivity contribution in [3.8, 4) is 0 Å². The van der Waals surface area contributed by atoms with E-state index in [1.807, 2.05) is 5.32 Å². The van der Waals surface area contributed by atoms with Crippen LogP contribution in [0.3, 0.4) is 0 Å². The van der Waals surface area contributed by atoms with E-state index in [2.05, 4.69) is 4.72 Å². The number of halogens is 4. The molecule has 1 aromatic carbocycles. The lowest BCUT2D eigenvalue weighted by atomic mass is 10.0. The van der Waals surface area contributed by atoms with E-state index in [0.717, 1.165) is 6.07 Å². The number of amides is 1. The summed E-state index contributed by atoms with van der Waals surface area (Å²) in [5, 5.41) is 2.02. The van der Waals surface area contributed by atoms with E-state index in [0.29, 0.717) is 6.07 Å². The van der Waals surface area contributed by atoms with Gasteiger partial charge in [-0.05, 0) is 66.2 Å². The highest BCUT2D eigenvalue weighted by Crippen LogP contribution is 2.36. The van der Waals surface area contributed by atoms with Crippen LogP contribution in [0.25, 0.3) is 0 Å². The molecular weight excluding hydrogens is 400 g/mol. The number of benzene rings is 1. The van der Waals surface area contributed by atoms with Gasteiger partial charge in [-0.2, -0.15) is 13.2 Å². The van der Waals surface area contributed by atoms with Crippen molar-refractivity contribution in [1.29, 1.82) is 0 Å². The zero-order valence-corrected chi connectivity index (χ0v) is 17.7. The quantitative estimate of drug-likeness (QED) is 0.642. The zero-order chi connectivity index (χ0) is 22.1. The molecule has 1 aromatic rings. The molecule has 0 radical (unpaired) electrons. The van der Waals surface area contributed by atoms with Crippen molar-refractivity contribution in [2.24, 2.45) is 0 Å². The SMILES string of the molecule is C[C@@H](N[S@](=O)C(C)(C)C)c1cc(NC(=O)OC(C)(C)C)c(F)c(C(F)(F)F)c1. The van der Waals surface area contributed by atoms with Crippen molar-refractivity contribution in [3.05, 3.63) is 29.1 Å². The number of ether oxygens (including phenoxy) is 1. The van der Waals surface area contributed by atoms with Crippen molar-refractivity contribution in [3.63, 3.8) is 0 Å². The van der Waals surface area contributed by atoms with Crippen molar-refractivity contribution < 1.29 is 31.3 Å². The summed E-state index contributed by atoms with van der Waals surface area (Å²) in [5.41, 5.74) is -3.11. The second-order valence-electron chi connectivity index (χ2n) is 8.28. The largest absolute Gasteiger partial charge is 0.444 e. The number of hydrogen-bond donors (Lipinski definition) is 2. The lowest BCUT2D eigenvalue weighted by Gasteiger charge is -2.24. The second kappa shape index (κ2) is 8.36. The fourth-order valence-electron chi connectivity index (χ4n) is 2.01. The molecule has 1 rings (SSSR count). The fraction of sp³-hybridized carbons (Fsp3) is 0.611. The Bertz CT molecular complexity index is 753. The van der Waals surface area contributed by atoms with Gasteiger partial charge >= 0.3 is 12.3 Å². The van der Waals surface area contributed by atoms with Crippen LogP contribution in [0.1, 0.15) is 65.6 Å². The third-order valence-electron chi connectivity index (χ3n) is 3.38. The van der Waals surface area contributed by atoms with Gasteiger partial charge in [0.05, 0.1) is 27.0 Å². The third-order valence-corrected chi connectivity index (χ3v) is 5.06. The van der Waals surface area contributed by atoms with Crippen LogP contribution < -0.4 is 10.0 Å². The number of rotatable bonds is 4. The molecule has 0 aromatic heterocycles. The molecule has 0 saturated carbocycles. The lowest BCUT2D eigenvalue weighted by molar-refractivity contribution is -0.140. The number of nitrogens with one attached hydrogen (secondary N) is 2. The maximum absolute atomic E-state index is 14.4. The maximum Gasteiger partial charge on any atom is 0.419 e. The fourth-order valence-corrected chi connectivity index (χ4v) is 2.82. The summed E-state index contributed by atoms with van der Waals surface area (Å²) in [6.45, 7) is 11.3. The molecule has 160 valence electrons. The number of anilines is 1. The van der Waals surface area contributed by atoms with Gasteiger partial charge in [0.1, 0.15) is 5.60 Å². The van der Waals surface area contributed by atoms with E-state index in [9.17, 15) is 26.6 Å². The summed E-state index contributed by atoms with van der Waals surface area (Å²) in [4.78, 5) is 11.9. The zero-order valence-electron chi connectivity index (χ0n) is 16.9. The molecule has 0 bridgehead atoms. The molecule has 0 fully saturated rings. The average Bonchev–Trinajstić information content (AvgIpc) is 2.44. The van der Waals surface area contributed by atoms with Crippen molar-refractivity contribution in [1.82, 2.24) is 4.72 Å². The van der Waals surface area contributed by atoms with Crippen molar-refractivity contribution in [2.75, 3.05) is 5.32 Å². The molecule has 2 N–H and O–H groups in total. The van der Waals surface area contributed by atoms with E-state index in [1.165, 1.54) is 6.92 Å². The predicted octanol–water partition coefficient (Wildman–Crippen LogP) is 5.30. The molecule has 1 amide bonds. The minimum absolute atomic E-state index is 0.0115. The first-order valence-corrected chi connectivity index (χ1v) is 9.65. The van der Waals surface area contributed by atoms with Crippen molar-refractivity contribution in [2.45, 2.75) is 71.0 Å². The summed E-state index contributed by atoms with van der Waals surface area (Å²) >= 11 is 0. The standard InChI is InChI=1S/C18H26F4N2O3S/c1-10(24-28(26)17(5,6)7)11-8-12(18(20,21)22)14(19)13(9-11)23-15(25)27-16(2,3)4/h8-10,24H,1-7H3,(H,23,25)/t10-,28-/m1/s1. The second-order valence-corrected chi connectivity index (χ2v) is 10.3. The van der Waals surface area contributed by atoms with E-state index in [4.69, 9.17) is 4.74 Å². The minimum Gasteiger partial charge on any atom is -0.444 e. The Labute approximate surface area is 164 Å². The Kier molecular flexibility index (Phi) is 7.27. The summed E-state index contributed by atoms with van der Waals surface area (Å²) < 4.78 is 73.4. The van der Waals surface area contributed by atoms with E-state index in [-0.39, 0.29) is 5.56 Å². The minimum atomic E-state index is -4.98. The number of carbonyl (C=O) groups is 1. The van der Waals surface area contributed by atoms with Crippen molar-refractivity contribution >= 4 is 22.8 Å². The molecule has 10 heteroatoms. The predicted molar refractivity (Wildman–Crippen MR) is 101 cm³/mol. The molecule has 0 saturated heterocycles. The monoisotopic (exact) mass is 426 g/mol. The van der Waals surface area contributed by atoms with Gasteiger partial charge in [-0.15, -0.1) is 0 Å². The number of hydrogen-bond acceptors (Lipinski definition) is 3. The molecule has 28 heavy (non-hydrogen) atoms. The smallest absolute Gasteiger partial charge is 0.419 e. The van der Waals surface area contributed by atoms with E-state index >= 15 is 0 Å². The first-order valence-electron chi connectivity index (χ1n) is 8.50. The van der Waals surface area contributed by atoms with Gasteiger partial charge in [-0.25, -0.2) is 18.1 Å². The van der Waals surface area contributed by atoms with Gasteiger partial charge in [0.15, 0.2) is 5.82 Å². The summed E-state index contributed by atoms with van der Waals surface area (Å²) in [6, 6.07) is 0.889. The van der Waals surface area contributed by atoms with Crippen LogP contribution >= 0.6 is 0 Å². The van der Waals surface area contributed by atoms with E-state index < -0.39 is 56.7 Å². The van der Waals surface area contributed by atoms with Crippen LogP contribution in [0.2, 0.25) is 0 Å². The molecule has 0 spiro atoms.